The van der Waals surface area contributed by atoms with E-state index in [-0.39, 0.29) is 0 Å². The van der Waals surface area contributed by atoms with Gasteiger partial charge in [0.15, 0.2) is 0 Å². The molecule has 0 bridgehead atoms. The third kappa shape index (κ3) is 3.81. The van der Waals surface area contributed by atoms with Crippen LogP contribution in [-0.4, -0.2) is 29.1 Å². The van der Waals surface area contributed by atoms with Gasteiger partial charge in [-0.3, -0.25) is 4.90 Å². The molecule has 1 atom stereocenters. The summed E-state index contributed by atoms with van der Waals surface area (Å²) in [4.78, 5) is 13.5. The zero-order valence-corrected chi connectivity index (χ0v) is 15.5. The maximum absolute atomic E-state index is 11.0. The van der Waals surface area contributed by atoms with Crippen molar-refractivity contribution in [1.82, 2.24) is 4.90 Å². The minimum Gasteiger partial charge on any atom is -0.478 e. The molecule has 0 amide bonds. The summed E-state index contributed by atoms with van der Waals surface area (Å²) in [5.74, 6) is -0.169. The molecule has 0 spiro atoms. The lowest BCUT2D eigenvalue weighted by Crippen LogP contribution is -2.35. The van der Waals surface area contributed by atoms with Gasteiger partial charge in [-0.05, 0) is 71.8 Å². The number of carboxylic acid groups (broad SMARTS) is 1. The van der Waals surface area contributed by atoms with Crippen molar-refractivity contribution in [2.45, 2.75) is 25.8 Å². The Labute approximate surface area is 157 Å². The molecular formula is C22H23NO2S. The predicted octanol–water partition coefficient (Wildman–Crippen LogP) is 5.05. The number of nitrogens with zero attached hydrogens (tertiary/aromatic N) is 1. The van der Waals surface area contributed by atoms with Crippen LogP contribution >= 0.6 is 11.3 Å². The van der Waals surface area contributed by atoms with Gasteiger partial charge in [0.2, 0.25) is 0 Å². The molecule has 26 heavy (non-hydrogen) atoms. The molecule has 1 fully saturated rings. The van der Waals surface area contributed by atoms with Gasteiger partial charge in [0.25, 0.3) is 0 Å². The van der Waals surface area contributed by atoms with Crippen molar-refractivity contribution in [3.05, 3.63) is 70.6 Å². The summed E-state index contributed by atoms with van der Waals surface area (Å²) in [5.41, 5.74) is 3.04. The Hall–Kier alpha value is -2.17. The zero-order chi connectivity index (χ0) is 17.9. The Kier molecular flexibility index (Phi) is 5.05. The molecule has 1 aliphatic heterocycles. The van der Waals surface area contributed by atoms with Gasteiger partial charge in [-0.1, -0.05) is 30.3 Å². The Morgan fingerprint density at radius 1 is 1.15 bits per heavy atom. The highest BCUT2D eigenvalue weighted by molar-refractivity contribution is 7.17. The molecule has 3 nitrogen and oxygen atoms in total. The number of carboxylic acids is 1. The molecule has 0 saturated carbocycles. The van der Waals surface area contributed by atoms with Crippen molar-refractivity contribution < 1.29 is 9.90 Å². The number of likely N-dealkylation sites (tertiary alicyclic amines) is 1. The molecular weight excluding hydrogens is 342 g/mol. The number of hydrogen-bond acceptors (Lipinski definition) is 3. The molecule has 1 aliphatic rings. The van der Waals surface area contributed by atoms with Gasteiger partial charge in [-0.15, -0.1) is 11.3 Å². The highest BCUT2D eigenvalue weighted by Gasteiger charge is 2.21. The molecule has 1 unspecified atom stereocenters. The van der Waals surface area contributed by atoms with E-state index < -0.39 is 5.97 Å². The number of hydrogen-bond donors (Lipinski definition) is 1. The van der Waals surface area contributed by atoms with Crippen molar-refractivity contribution in [3.63, 3.8) is 0 Å². The topological polar surface area (TPSA) is 40.5 Å². The van der Waals surface area contributed by atoms with E-state index in [9.17, 15) is 4.79 Å². The van der Waals surface area contributed by atoms with Crippen LogP contribution in [0.1, 0.15) is 34.3 Å². The van der Waals surface area contributed by atoms with E-state index in [2.05, 4.69) is 34.5 Å². The van der Waals surface area contributed by atoms with Gasteiger partial charge in [-0.25, -0.2) is 4.79 Å². The molecule has 0 aliphatic carbocycles. The van der Waals surface area contributed by atoms with E-state index >= 15 is 0 Å². The fourth-order valence-corrected chi connectivity index (χ4v) is 4.95. The summed E-state index contributed by atoms with van der Waals surface area (Å²) < 4.78 is 1.38. The summed E-state index contributed by atoms with van der Waals surface area (Å²) in [5, 5.41) is 12.8. The summed E-state index contributed by atoms with van der Waals surface area (Å²) in [6, 6.07) is 16.0. The van der Waals surface area contributed by atoms with Gasteiger partial charge in [0.05, 0.1) is 5.56 Å². The first kappa shape index (κ1) is 17.3. The number of aromatic carboxylic acids is 1. The minimum atomic E-state index is -0.863. The average Bonchev–Trinajstić information content (AvgIpc) is 3.06. The SMILES string of the molecule is O=C(O)c1ccc(CN2CCCC(Cc3csc4ccccc34)C2)cc1. The smallest absolute Gasteiger partial charge is 0.335 e. The molecule has 1 aromatic heterocycles. The predicted molar refractivity (Wildman–Crippen MR) is 107 cm³/mol. The lowest BCUT2D eigenvalue weighted by Gasteiger charge is -2.32. The number of carbonyl (C=O) groups is 1. The monoisotopic (exact) mass is 365 g/mol. The highest BCUT2D eigenvalue weighted by atomic mass is 32.1. The molecule has 2 aromatic carbocycles. The fraction of sp³-hybridized carbons (Fsp3) is 0.318. The molecule has 3 aromatic rings. The molecule has 4 heteroatoms. The summed E-state index contributed by atoms with van der Waals surface area (Å²) in [6.07, 6.45) is 3.68. The molecule has 134 valence electrons. The van der Waals surface area contributed by atoms with Crippen LogP contribution in [0, 0.1) is 5.92 Å². The molecule has 1 saturated heterocycles. The number of piperidine rings is 1. The number of thiophene rings is 1. The van der Waals surface area contributed by atoms with Gasteiger partial charge in [0, 0.05) is 17.8 Å². The fourth-order valence-electron chi connectivity index (χ4n) is 3.97. The highest BCUT2D eigenvalue weighted by Crippen LogP contribution is 2.30. The van der Waals surface area contributed by atoms with Crippen LogP contribution in [0.15, 0.2) is 53.9 Å². The van der Waals surface area contributed by atoms with Crippen LogP contribution < -0.4 is 0 Å². The minimum absolute atomic E-state index is 0.356. The Bertz CT molecular complexity index is 900. The van der Waals surface area contributed by atoms with Gasteiger partial charge >= 0.3 is 5.97 Å². The van der Waals surface area contributed by atoms with Crippen molar-refractivity contribution in [1.29, 1.82) is 0 Å². The second-order valence-corrected chi connectivity index (χ2v) is 8.12. The van der Waals surface area contributed by atoms with Gasteiger partial charge in [0.1, 0.15) is 0 Å². The van der Waals surface area contributed by atoms with E-state index in [4.69, 9.17) is 5.11 Å². The summed E-state index contributed by atoms with van der Waals surface area (Å²) >= 11 is 1.85. The van der Waals surface area contributed by atoms with Crippen molar-refractivity contribution in [3.8, 4) is 0 Å². The molecule has 4 rings (SSSR count). The van der Waals surface area contributed by atoms with Crippen LogP contribution in [0.4, 0.5) is 0 Å². The average molecular weight is 365 g/mol. The molecule has 2 heterocycles. The summed E-state index contributed by atoms with van der Waals surface area (Å²) in [6.45, 7) is 3.15. The first-order chi connectivity index (χ1) is 12.7. The maximum atomic E-state index is 11.0. The Morgan fingerprint density at radius 3 is 2.77 bits per heavy atom. The van der Waals surface area contributed by atoms with Crippen LogP contribution in [0.25, 0.3) is 10.1 Å². The number of rotatable bonds is 5. The van der Waals surface area contributed by atoms with Gasteiger partial charge in [-0.2, -0.15) is 0 Å². The quantitative estimate of drug-likeness (QED) is 0.687. The third-order valence-corrected chi connectivity index (χ3v) is 6.29. The van der Waals surface area contributed by atoms with E-state index in [0.717, 1.165) is 26.1 Å². The Morgan fingerprint density at radius 2 is 1.96 bits per heavy atom. The van der Waals surface area contributed by atoms with Crippen LogP contribution in [0.5, 0.6) is 0 Å². The van der Waals surface area contributed by atoms with Gasteiger partial charge < -0.3 is 5.11 Å². The van der Waals surface area contributed by atoms with Crippen LogP contribution in [-0.2, 0) is 13.0 Å². The van der Waals surface area contributed by atoms with E-state index in [1.807, 2.05) is 23.5 Å². The van der Waals surface area contributed by atoms with Crippen molar-refractivity contribution in [2.75, 3.05) is 13.1 Å². The van der Waals surface area contributed by atoms with E-state index in [1.165, 1.54) is 34.1 Å². The number of fused-ring (bicyclic) bond motifs is 1. The normalized spacial score (nSPS) is 18.2. The second kappa shape index (κ2) is 7.60. The first-order valence-corrected chi connectivity index (χ1v) is 10.1. The largest absolute Gasteiger partial charge is 0.478 e. The summed E-state index contributed by atoms with van der Waals surface area (Å²) in [7, 11) is 0. The third-order valence-electron chi connectivity index (χ3n) is 5.28. The Balaban J connectivity index is 1.40. The second-order valence-electron chi connectivity index (χ2n) is 7.21. The maximum Gasteiger partial charge on any atom is 0.335 e. The lowest BCUT2D eigenvalue weighted by molar-refractivity contribution is 0.0697. The molecule has 0 radical (unpaired) electrons. The van der Waals surface area contributed by atoms with E-state index in [0.29, 0.717) is 11.5 Å². The standard InChI is InChI=1S/C22H23NO2S/c24-22(25)18-9-7-16(8-10-18)13-23-11-3-4-17(14-23)12-19-15-26-21-6-2-1-5-20(19)21/h1-2,5-10,15,17H,3-4,11-14H2,(H,24,25). The van der Waals surface area contributed by atoms with Crippen molar-refractivity contribution >= 4 is 27.4 Å². The first-order valence-electron chi connectivity index (χ1n) is 9.19. The number of benzene rings is 2. The van der Waals surface area contributed by atoms with E-state index in [1.54, 1.807) is 12.1 Å². The van der Waals surface area contributed by atoms with Crippen LogP contribution in [0.3, 0.4) is 0 Å². The zero-order valence-electron chi connectivity index (χ0n) is 14.7. The van der Waals surface area contributed by atoms with Crippen LogP contribution in [0.2, 0.25) is 0 Å². The molecule has 1 N–H and O–H groups in total. The lowest BCUT2D eigenvalue weighted by atomic mass is 9.91. The van der Waals surface area contributed by atoms with Crippen molar-refractivity contribution in [2.24, 2.45) is 5.92 Å².